The molecule has 1 fully saturated rings. The van der Waals surface area contributed by atoms with E-state index >= 15 is 0 Å². The van der Waals surface area contributed by atoms with Crippen LogP contribution in [-0.4, -0.2) is 38.7 Å². The summed E-state index contributed by atoms with van der Waals surface area (Å²) in [6, 6.07) is 3.87. The number of hydrogen-bond donors (Lipinski definition) is 1. The summed E-state index contributed by atoms with van der Waals surface area (Å²) in [7, 11) is 2.05. The summed E-state index contributed by atoms with van der Waals surface area (Å²) >= 11 is 0. The SMILES string of the molecule is CN(CCc1noc(C2CC2)n1)c1nc(-c2ccncc2)nc2c1CNC2. The van der Waals surface area contributed by atoms with Crippen molar-refractivity contribution in [1.29, 1.82) is 0 Å². The van der Waals surface area contributed by atoms with Crippen molar-refractivity contribution in [2.45, 2.75) is 38.3 Å². The normalized spacial score (nSPS) is 15.7. The molecule has 1 aliphatic carbocycles. The maximum atomic E-state index is 5.36. The molecule has 4 heterocycles. The number of nitrogens with one attached hydrogen (secondary N) is 1. The Balaban J connectivity index is 1.38. The molecular weight excluding hydrogens is 342 g/mol. The minimum atomic E-state index is 0.489. The first-order valence-corrected chi connectivity index (χ1v) is 9.32. The van der Waals surface area contributed by atoms with E-state index in [1.165, 1.54) is 18.4 Å². The summed E-state index contributed by atoms with van der Waals surface area (Å²) in [5.41, 5.74) is 3.21. The Morgan fingerprint density at radius 2 is 2.00 bits per heavy atom. The van der Waals surface area contributed by atoms with Crippen molar-refractivity contribution in [2.75, 3.05) is 18.5 Å². The van der Waals surface area contributed by atoms with Gasteiger partial charge in [0.05, 0.1) is 5.69 Å². The molecule has 1 saturated carbocycles. The predicted octanol–water partition coefficient (Wildman–Crippen LogP) is 2.08. The Hall–Kier alpha value is -2.87. The summed E-state index contributed by atoms with van der Waals surface area (Å²) < 4.78 is 5.36. The van der Waals surface area contributed by atoms with E-state index in [9.17, 15) is 0 Å². The third-order valence-corrected chi connectivity index (χ3v) is 5.05. The number of rotatable bonds is 6. The summed E-state index contributed by atoms with van der Waals surface area (Å²) in [6.45, 7) is 2.33. The van der Waals surface area contributed by atoms with Gasteiger partial charge in [0.2, 0.25) is 5.89 Å². The smallest absolute Gasteiger partial charge is 0.229 e. The molecule has 0 spiro atoms. The van der Waals surface area contributed by atoms with Crippen LogP contribution >= 0.6 is 0 Å². The van der Waals surface area contributed by atoms with Crippen LogP contribution in [0.5, 0.6) is 0 Å². The maximum Gasteiger partial charge on any atom is 0.229 e. The Labute approximate surface area is 157 Å². The lowest BCUT2D eigenvalue weighted by Crippen LogP contribution is -2.24. The molecule has 3 aromatic heterocycles. The average Bonchev–Trinajstić information content (AvgIpc) is 3.26. The first-order chi connectivity index (χ1) is 13.3. The Kier molecular flexibility index (Phi) is 4.05. The molecule has 0 unspecified atom stereocenters. The lowest BCUT2D eigenvalue weighted by atomic mass is 10.2. The maximum absolute atomic E-state index is 5.36. The van der Waals surface area contributed by atoms with E-state index in [0.717, 1.165) is 60.7 Å². The van der Waals surface area contributed by atoms with Gasteiger partial charge in [0.25, 0.3) is 0 Å². The summed E-state index contributed by atoms with van der Waals surface area (Å²) in [5, 5.41) is 7.49. The molecule has 0 atom stereocenters. The third-order valence-electron chi connectivity index (χ3n) is 5.05. The van der Waals surface area contributed by atoms with Crippen molar-refractivity contribution in [2.24, 2.45) is 0 Å². The molecule has 0 amide bonds. The Bertz CT molecular complexity index is 952. The molecule has 2 aliphatic rings. The molecule has 138 valence electrons. The molecule has 0 saturated heterocycles. The van der Waals surface area contributed by atoms with E-state index in [-0.39, 0.29) is 0 Å². The minimum Gasteiger partial charge on any atom is -0.359 e. The second-order valence-corrected chi connectivity index (χ2v) is 7.13. The van der Waals surface area contributed by atoms with E-state index in [1.807, 2.05) is 12.1 Å². The van der Waals surface area contributed by atoms with E-state index in [4.69, 9.17) is 14.5 Å². The topological polar surface area (TPSA) is 92.9 Å². The van der Waals surface area contributed by atoms with Crippen molar-refractivity contribution >= 4 is 5.82 Å². The van der Waals surface area contributed by atoms with Gasteiger partial charge in [-0.15, -0.1) is 0 Å². The minimum absolute atomic E-state index is 0.489. The molecule has 8 nitrogen and oxygen atoms in total. The summed E-state index contributed by atoms with van der Waals surface area (Å²) in [6.07, 6.45) is 6.59. The number of pyridine rings is 1. The van der Waals surface area contributed by atoms with Gasteiger partial charge in [0, 0.05) is 62.5 Å². The third kappa shape index (κ3) is 3.28. The van der Waals surface area contributed by atoms with Gasteiger partial charge in [0.15, 0.2) is 11.6 Å². The number of hydrogen-bond acceptors (Lipinski definition) is 8. The van der Waals surface area contributed by atoms with Gasteiger partial charge in [-0.1, -0.05) is 5.16 Å². The van der Waals surface area contributed by atoms with Crippen LogP contribution in [0.4, 0.5) is 5.82 Å². The van der Waals surface area contributed by atoms with Crippen molar-refractivity contribution < 1.29 is 4.52 Å². The van der Waals surface area contributed by atoms with Crippen molar-refractivity contribution in [3.05, 3.63) is 47.5 Å². The fourth-order valence-electron chi connectivity index (χ4n) is 3.33. The molecule has 0 bridgehead atoms. The number of aromatic nitrogens is 5. The molecule has 0 radical (unpaired) electrons. The Morgan fingerprint density at radius 1 is 1.15 bits per heavy atom. The molecule has 1 N–H and O–H groups in total. The highest BCUT2D eigenvalue weighted by Gasteiger charge is 2.29. The van der Waals surface area contributed by atoms with E-state index in [1.54, 1.807) is 12.4 Å². The van der Waals surface area contributed by atoms with Gasteiger partial charge < -0.3 is 14.7 Å². The van der Waals surface area contributed by atoms with Gasteiger partial charge in [0.1, 0.15) is 5.82 Å². The summed E-state index contributed by atoms with van der Waals surface area (Å²) in [4.78, 5) is 20.4. The second kappa shape index (κ2) is 6.70. The summed E-state index contributed by atoms with van der Waals surface area (Å²) in [5.74, 6) is 3.74. The van der Waals surface area contributed by atoms with E-state index < -0.39 is 0 Å². The molecule has 0 aromatic carbocycles. The van der Waals surface area contributed by atoms with E-state index in [0.29, 0.717) is 5.92 Å². The molecule has 8 heteroatoms. The van der Waals surface area contributed by atoms with Crippen LogP contribution in [0.2, 0.25) is 0 Å². The second-order valence-electron chi connectivity index (χ2n) is 7.13. The number of likely N-dealkylation sites (N-methyl/N-ethyl adjacent to an activating group) is 1. The number of nitrogens with zero attached hydrogens (tertiary/aromatic N) is 6. The standard InChI is InChI=1S/C19H21N7O/c1-26(9-6-16-23-19(27-25-16)13-2-3-13)18-14-10-21-11-15(14)22-17(24-18)12-4-7-20-8-5-12/h4-5,7-8,13,21H,2-3,6,9-11H2,1H3. The first kappa shape index (κ1) is 16.3. The monoisotopic (exact) mass is 363 g/mol. The fraction of sp³-hybridized carbons (Fsp3) is 0.421. The number of fused-ring (bicyclic) bond motifs is 1. The van der Waals surface area contributed by atoms with Gasteiger partial charge >= 0.3 is 0 Å². The Morgan fingerprint density at radius 3 is 2.81 bits per heavy atom. The number of anilines is 1. The van der Waals surface area contributed by atoms with Crippen LogP contribution in [0, 0.1) is 0 Å². The molecule has 27 heavy (non-hydrogen) atoms. The van der Waals surface area contributed by atoms with Crippen LogP contribution in [0.3, 0.4) is 0 Å². The van der Waals surface area contributed by atoms with Crippen molar-refractivity contribution in [1.82, 2.24) is 30.4 Å². The predicted molar refractivity (Wildman–Crippen MR) is 99.1 cm³/mol. The van der Waals surface area contributed by atoms with Crippen LogP contribution in [0.1, 0.15) is 41.7 Å². The molecular formula is C19H21N7O. The van der Waals surface area contributed by atoms with Crippen molar-refractivity contribution in [3.63, 3.8) is 0 Å². The highest BCUT2D eigenvalue weighted by Crippen LogP contribution is 2.38. The highest BCUT2D eigenvalue weighted by molar-refractivity contribution is 5.60. The zero-order valence-corrected chi connectivity index (χ0v) is 15.2. The van der Waals surface area contributed by atoms with Gasteiger partial charge in [-0.3, -0.25) is 4.98 Å². The van der Waals surface area contributed by atoms with Crippen LogP contribution in [0.15, 0.2) is 29.0 Å². The van der Waals surface area contributed by atoms with Crippen LogP contribution in [0.25, 0.3) is 11.4 Å². The van der Waals surface area contributed by atoms with Crippen LogP contribution in [-0.2, 0) is 19.5 Å². The van der Waals surface area contributed by atoms with Crippen molar-refractivity contribution in [3.8, 4) is 11.4 Å². The first-order valence-electron chi connectivity index (χ1n) is 9.32. The highest BCUT2D eigenvalue weighted by atomic mass is 16.5. The molecule has 3 aromatic rings. The fourth-order valence-corrected chi connectivity index (χ4v) is 3.33. The van der Waals surface area contributed by atoms with Gasteiger partial charge in [-0.2, -0.15) is 4.98 Å². The zero-order valence-electron chi connectivity index (χ0n) is 15.2. The lowest BCUT2D eigenvalue weighted by Gasteiger charge is -2.21. The average molecular weight is 363 g/mol. The lowest BCUT2D eigenvalue weighted by molar-refractivity contribution is 0.374. The molecule has 5 rings (SSSR count). The van der Waals surface area contributed by atoms with Crippen LogP contribution < -0.4 is 10.2 Å². The van der Waals surface area contributed by atoms with E-state index in [2.05, 4.69) is 32.4 Å². The molecule has 1 aliphatic heterocycles. The largest absolute Gasteiger partial charge is 0.359 e. The van der Waals surface area contributed by atoms with Gasteiger partial charge in [-0.25, -0.2) is 9.97 Å². The quantitative estimate of drug-likeness (QED) is 0.712. The zero-order chi connectivity index (χ0) is 18.2. The van der Waals surface area contributed by atoms with Gasteiger partial charge in [-0.05, 0) is 25.0 Å².